The number of nitriles is 1. The molecule has 0 saturated heterocycles. The molecule has 1 fully saturated rings. The van der Waals surface area contributed by atoms with E-state index in [1.54, 1.807) is 12.1 Å². The second-order valence-corrected chi connectivity index (χ2v) is 6.41. The molecule has 128 valence electrons. The number of benzene rings is 1. The molecule has 2 aromatic rings. The molecule has 25 heavy (non-hydrogen) atoms. The largest absolute Gasteiger partial charge is 0.374 e. The second-order valence-electron chi connectivity index (χ2n) is 6.41. The van der Waals surface area contributed by atoms with Crippen molar-refractivity contribution >= 4 is 0 Å². The van der Waals surface area contributed by atoms with Crippen molar-refractivity contribution in [2.24, 2.45) is 0 Å². The van der Waals surface area contributed by atoms with Crippen molar-refractivity contribution in [2.45, 2.75) is 44.6 Å². The quantitative estimate of drug-likeness (QED) is 0.748. The lowest BCUT2D eigenvalue weighted by Gasteiger charge is -2.28. The van der Waals surface area contributed by atoms with Crippen LogP contribution < -0.4 is 0 Å². The van der Waals surface area contributed by atoms with Gasteiger partial charge in [0.1, 0.15) is 0 Å². The molecule has 1 aliphatic rings. The zero-order valence-corrected chi connectivity index (χ0v) is 14.6. The maximum Gasteiger partial charge on any atom is 0.159 e. The van der Waals surface area contributed by atoms with E-state index in [1.807, 2.05) is 37.5 Å². The normalized spacial score (nSPS) is 20.5. The fourth-order valence-electron chi connectivity index (χ4n) is 3.24. The van der Waals surface area contributed by atoms with E-state index in [1.165, 1.54) is 5.56 Å². The Bertz CT molecular complexity index is 736. The highest BCUT2D eigenvalue weighted by molar-refractivity contribution is 5.56. The summed E-state index contributed by atoms with van der Waals surface area (Å²) in [6.07, 6.45) is 12.8. The molecule has 1 aromatic carbocycles. The van der Waals surface area contributed by atoms with Crippen LogP contribution in [0.4, 0.5) is 0 Å². The standard InChI is InChI=1S/C21H23N3O/c1-2-3-12-25-20-10-8-17(9-11-20)19-14-23-21(24-15-19)18-6-4-16(13-22)5-7-18/h2-7,14-15,17,20H,8-12H2,1H3/b3-2+/t17-,20-. The van der Waals surface area contributed by atoms with Crippen LogP contribution in [0.5, 0.6) is 0 Å². The van der Waals surface area contributed by atoms with Crippen LogP contribution in [0.15, 0.2) is 48.8 Å². The highest BCUT2D eigenvalue weighted by atomic mass is 16.5. The molecule has 3 rings (SSSR count). The Balaban J connectivity index is 1.58. The summed E-state index contributed by atoms with van der Waals surface area (Å²) in [5, 5.41) is 8.87. The average molecular weight is 333 g/mol. The Kier molecular flexibility index (Phi) is 5.92. The van der Waals surface area contributed by atoms with Gasteiger partial charge in [-0.05, 0) is 68.4 Å². The summed E-state index contributed by atoms with van der Waals surface area (Å²) in [4.78, 5) is 9.05. The third-order valence-electron chi connectivity index (χ3n) is 4.75. The van der Waals surface area contributed by atoms with Crippen molar-refractivity contribution in [3.8, 4) is 17.5 Å². The molecule has 1 saturated carbocycles. The first-order valence-electron chi connectivity index (χ1n) is 8.85. The molecular formula is C21H23N3O. The fraction of sp³-hybridized carbons (Fsp3) is 0.381. The van der Waals surface area contributed by atoms with Gasteiger partial charge in [-0.2, -0.15) is 5.26 Å². The van der Waals surface area contributed by atoms with Gasteiger partial charge in [0.15, 0.2) is 5.82 Å². The summed E-state index contributed by atoms with van der Waals surface area (Å²) >= 11 is 0. The van der Waals surface area contributed by atoms with E-state index in [0.717, 1.165) is 31.2 Å². The second kappa shape index (κ2) is 8.55. The summed E-state index contributed by atoms with van der Waals surface area (Å²) in [5.41, 5.74) is 2.80. The third kappa shape index (κ3) is 4.52. The number of hydrogen-bond donors (Lipinski definition) is 0. The molecule has 1 aromatic heterocycles. The van der Waals surface area contributed by atoms with Crippen LogP contribution in [-0.2, 0) is 4.74 Å². The Morgan fingerprint density at radius 3 is 2.40 bits per heavy atom. The van der Waals surface area contributed by atoms with Gasteiger partial charge in [-0.3, -0.25) is 0 Å². The maximum absolute atomic E-state index is 8.87. The van der Waals surface area contributed by atoms with E-state index in [2.05, 4.69) is 22.1 Å². The zero-order chi connectivity index (χ0) is 17.5. The van der Waals surface area contributed by atoms with E-state index in [4.69, 9.17) is 10.00 Å². The van der Waals surface area contributed by atoms with Gasteiger partial charge in [0.05, 0.1) is 24.3 Å². The average Bonchev–Trinajstić information content (AvgIpc) is 2.69. The van der Waals surface area contributed by atoms with Crippen LogP contribution in [0.25, 0.3) is 11.4 Å². The molecule has 1 heterocycles. The molecule has 0 radical (unpaired) electrons. The maximum atomic E-state index is 8.87. The minimum atomic E-state index is 0.381. The van der Waals surface area contributed by atoms with Gasteiger partial charge in [0.2, 0.25) is 0 Å². The molecule has 0 spiro atoms. The zero-order valence-electron chi connectivity index (χ0n) is 14.6. The Labute approximate surface area is 149 Å². The summed E-state index contributed by atoms with van der Waals surface area (Å²) < 4.78 is 5.86. The van der Waals surface area contributed by atoms with E-state index in [-0.39, 0.29) is 0 Å². The van der Waals surface area contributed by atoms with Crippen molar-refractivity contribution in [3.63, 3.8) is 0 Å². The van der Waals surface area contributed by atoms with Gasteiger partial charge in [-0.15, -0.1) is 0 Å². The Morgan fingerprint density at radius 1 is 1.12 bits per heavy atom. The minimum Gasteiger partial charge on any atom is -0.374 e. The van der Waals surface area contributed by atoms with Gasteiger partial charge in [-0.1, -0.05) is 12.2 Å². The minimum absolute atomic E-state index is 0.381. The van der Waals surface area contributed by atoms with Crippen molar-refractivity contribution in [1.29, 1.82) is 5.26 Å². The summed E-state index contributed by atoms with van der Waals surface area (Å²) in [7, 11) is 0. The summed E-state index contributed by atoms with van der Waals surface area (Å²) in [6.45, 7) is 2.73. The van der Waals surface area contributed by atoms with Crippen LogP contribution in [0, 0.1) is 11.3 Å². The number of ether oxygens (including phenoxy) is 1. The first kappa shape index (κ1) is 17.3. The first-order valence-corrected chi connectivity index (χ1v) is 8.85. The van der Waals surface area contributed by atoms with Crippen LogP contribution in [-0.4, -0.2) is 22.7 Å². The summed E-state index contributed by atoms with van der Waals surface area (Å²) in [5.74, 6) is 1.23. The molecule has 0 atom stereocenters. The molecule has 0 bridgehead atoms. The van der Waals surface area contributed by atoms with Gasteiger partial charge in [-0.25, -0.2) is 9.97 Å². The van der Waals surface area contributed by atoms with E-state index in [9.17, 15) is 0 Å². The van der Waals surface area contributed by atoms with Crippen LogP contribution in [0.1, 0.15) is 49.7 Å². The molecular weight excluding hydrogens is 310 g/mol. The van der Waals surface area contributed by atoms with Gasteiger partial charge in [0, 0.05) is 18.0 Å². The lowest BCUT2D eigenvalue weighted by atomic mass is 9.84. The highest BCUT2D eigenvalue weighted by Gasteiger charge is 2.23. The van der Waals surface area contributed by atoms with Gasteiger partial charge >= 0.3 is 0 Å². The van der Waals surface area contributed by atoms with Crippen LogP contribution in [0.3, 0.4) is 0 Å². The first-order chi connectivity index (χ1) is 12.3. The lowest BCUT2D eigenvalue weighted by Crippen LogP contribution is -2.21. The molecule has 0 amide bonds. The molecule has 0 aliphatic heterocycles. The SMILES string of the molecule is C/C=C/CO[C@H]1CC[C@H](c2cnc(-c3ccc(C#N)cc3)nc2)CC1. The predicted octanol–water partition coefficient (Wildman–Crippen LogP) is 4.63. The van der Waals surface area contributed by atoms with Crippen LogP contribution in [0.2, 0.25) is 0 Å². The molecule has 4 nitrogen and oxygen atoms in total. The number of rotatable bonds is 5. The van der Waals surface area contributed by atoms with Crippen LogP contribution >= 0.6 is 0 Å². The fourth-order valence-corrected chi connectivity index (χ4v) is 3.24. The smallest absolute Gasteiger partial charge is 0.159 e. The molecule has 4 heteroatoms. The third-order valence-corrected chi connectivity index (χ3v) is 4.75. The van der Waals surface area contributed by atoms with Crippen molar-refractivity contribution in [1.82, 2.24) is 9.97 Å². The molecule has 0 unspecified atom stereocenters. The Hall–Kier alpha value is -2.51. The van der Waals surface area contributed by atoms with E-state index >= 15 is 0 Å². The highest BCUT2D eigenvalue weighted by Crippen LogP contribution is 2.33. The van der Waals surface area contributed by atoms with Gasteiger partial charge in [0.25, 0.3) is 0 Å². The Morgan fingerprint density at radius 2 is 1.80 bits per heavy atom. The topological polar surface area (TPSA) is 58.8 Å². The monoisotopic (exact) mass is 333 g/mol. The van der Waals surface area contributed by atoms with Crippen molar-refractivity contribution < 1.29 is 4.74 Å². The number of nitrogens with zero attached hydrogens (tertiary/aromatic N) is 3. The molecule has 1 aliphatic carbocycles. The van der Waals surface area contributed by atoms with E-state index in [0.29, 0.717) is 30.0 Å². The van der Waals surface area contributed by atoms with Gasteiger partial charge < -0.3 is 4.74 Å². The number of aromatic nitrogens is 2. The number of hydrogen-bond acceptors (Lipinski definition) is 4. The van der Waals surface area contributed by atoms with Crippen molar-refractivity contribution in [2.75, 3.05) is 6.61 Å². The lowest BCUT2D eigenvalue weighted by molar-refractivity contribution is 0.0422. The predicted molar refractivity (Wildman–Crippen MR) is 97.9 cm³/mol. The molecule has 0 N–H and O–H groups in total. The summed E-state index contributed by atoms with van der Waals surface area (Å²) in [6, 6.07) is 9.49. The van der Waals surface area contributed by atoms with E-state index < -0.39 is 0 Å². The number of allylic oxidation sites excluding steroid dienone is 1. The van der Waals surface area contributed by atoms with Crippen molar-refractivity contribution in [3.05, 3.63) is 59.9 Å².